The van der Waals surface area contributed by atoms with Gasteiger partial charge in [0.15, 0.2) is 11.5 Å². The summed E-state index contributed by atoms with van der Waals surface area (Å²) < 4.78 is 11.5. The van der Waals surface area contributed by atoms with Crippen LogP contribution in [0.2, 0.25) is 5.02 Å². The molecule has 0 saturated heterocycles. The monoisotopic (exact) mass is 451 g/mol. The number of benzene rings is 3. The van der Waals surface area contributed by atoms with Crippen molar-refractivity contribution in [2.45, 2.75) is 13.5 Å². The number of hydrogen-bond donors (Lipinski definition) is 2. The number of amides is 1. The number of nitrogens with one attached hydrogen (secondary N) is 1. The maximum Gasteiger partial charge on any atom is 0.352 e. The second kappa shape index (κ2) is 11.0. The minimum absolute atomic E-state index is 0.256. The van der Waals surface area contributed by atoms with Crippen LogP contribution in [0.3, 0.4) is 0 Å². The number of ether oxygens (including phenoxy) is 2. The van der Waals surface area contributed by atoms with Crippen LogP contribution in [-0.2, 0) is 11.4 Å². The van der Waals surface area contributed by atoms with E-state index in [1.54, 1.807) is 54.6 Å². The molecule has 0 fully saturated rings. The minimum atomic E-state index is -1.26. The van der Waals surface area contributed by atoms with Gasteiger partial charge in [0.25, 0.3) is 5.91 Å². The van der Waals surface area contributed by atoms with E-state index in [2.05, 4.69) is 5.32 Å². The van der Waals surface area contributed by atoms with E-state index in [9.17, 15) is 14.7 Å². The maximum absolute atomic E-state index is 12.3. The molecule has 0 radical (unpaired) electrons. The Labute approximate surface area is 191 Å². The molecule has 3 rings (SSSR count). The fraction of sp³-hybridized carbons (Fsp3) is 0.120. The third kappa shape index (κ3) is 6.36. The van der Waals surface area contributed by atoms with E-state index in [0.717, 1.165) is 5.56 Å². The number of carboxylic acid groups (broad SMARTS) is 1. The van der Waals surface area contributed by atoms with Crippen molar-refractivity contribution in [3.8, 4) is 11.5 Å². The lowest BCUT2D eigenvalue weighted by molar-refractivity contribution is -0.132. The molecule has 3 aromatic rings. The summed E-state index contributed by atoms with van der Waals surface area (Å²) in [6, 6.07) is 20.8. The first-order valence-electron chi connectivity index (χ1n) is 9.91. The van der Waals surface area contributed by atoms with Crippen LogP contribution < -0.4 is 14.8 Å². The van der Waals surface area contributed by atoms with Gasteiger partial charge in [-0.1, -0.05) is 48.0 Å². The molecule has 32 heavy (non-hydrogen) atoms. The molecule has 3 aromatic carbocycles. The zero-order chi connectivity index (χ0) is 22.9. The van der Waals surface area contributed by atoms with Crippen molar-refractivity contribution >= 4 is 29.6 Å². The molecule has 0 aromatic heterocycles. The summed E-state index contributed by atoms with van der Waals surface area (Å²) >= 11 is 6.01. The predicted octanol–water partition coefficient (Wildman–Crippen LogP) is 5.17. The Hall–Kier alpha value is -3.77. The van der Waals surface area contributed by atoms with Crippen molar-refractivity contribution in [3.63, 3.8) is 0 Å². The molecule has 2 N–H and O–H groups in total. The molecule has 0 unspecified atom stereocenters. The molecule has 0 aliphatic carbocycles. The second-order valence-electron chi connectivity index (χ2n) is 6.74. The number of aliphatic carboxylic acids is 1. The molecule has 0 bridgehead atoms. The van der Waals surface area contributed by atoms with Crippen molar-refractivity contribution in [1.82, 2.24) is 5.32 Å². The minimum Gasteiger partial charge on any atom is -0.490 e. The van der Waals surface area contributed by atoms with Crippen molar-refractivity contribution in [2.75, 3.05) is 6.61 Å². The van der Waals surface area contributed by atoms with E-state index in [-0.39, 0.29) is 5.70 Å². The molecular weight excluding hydrogens is 430 g/mol. The van der Waals surface area contributed by atoms with Crippen LogP contribution >= 0.6 is 11.6 Å². The average molecular weight is 452 g/mol. The number of rotatable bonds is 9. The molecule has 0 aliphatic rings. The lowest BCUT2D eigenvalue weighted by Gasteiger charge is -2.13. The van der Waals surface area contributed by atoms with E-state index in [1.807, 2.05) is 25.1 Å². The average Bonchev–Trinajstić information content (AvgIpc) is 2.79. The molecule has 0 atom stereocenters. The summed E-state index contributed by atoms with van der Waals surface area (Å²) in [6.45, 7) is 2.53. The number of halogens is 1. The van der Waals surface area contributed by atoms with Crippen LogP contribution in [0.4, 0.5) is 0 Å². The number of carbonyl (C=O) groups excluding carboxylic acids is 1. The first-order chi connectivity index (χ1) is 15.5. The first kappa shape index (κ1) is 22.9. The fourth-order valence-electron chi connectivity index (χ4n) is 2.89. The highest BCUT2D eigenvalue weighted by Gasteiger charge is 2.14. The molecule has 0 aliphatic heterocycles. The number of carboxylic acids is 1. The van der Waals surface area contributed by atoms with Gasteiger partial charge in [0, 0.05) is 10.6 Å². The zero-order valence-corrected chi connectivity index (χ0v) is 18.1. The quantitative estimate of drug-likeness (QED) is 0.438. The highest BCUT2D eigenvalue weighted by atomic mass is 35.5. The third-order valence-corrected chi connectivity index (χ3v) is 4.61. The van der Waals surface area contributed by atoms with Crippen molar-refractivity contribution in [3.05, 3.63) is 100 Å². The highest BCUT2D eigenvalue weighted by Crippen LogP contribution is 2.30. The summed E-state index contributed by atoms with van der Waals surface area (Å²) in [4.78, 5) is 24.0. The zero-order valence-electron chi connectivity index (χ0n) is 17.4. The lowest BCUT2D eigenvalue weighted by Crippen LogP contribution is -2.27. The van der Waals surface area contributed by atoms with Gasteiger partial charge in [-0.05, 0) is 60.5 Å². The number of carbonyl (C=O) groups is 2. The van der Waals surface area contributed by atoms with Crippen molar-refractivity contribution < 1.29 is 24.2 Å². The Bertz CT molecular complexity index is 1130. The molecule has 6 nitrogen and oxygen atoms in total. The Morgan fingerprint density at radius 3 is 2.44 bits per heavy atom. The first-order valence-corrected chi connectivity index (χ1v) is 10.3. The van der Waals surface area contributed by atoms with Gasteiger partial charge >= 0.3 is 5.97 Å². The summed E-state index contributed by atoms with van der Waals surface area (Å²) in [5.41, 5.74) is 1.54. The Kier molecular flexibility index (Phi) is 7.89. The van der Waals surface area contributed by atoms with E-state index < -0.39 is 11.9 Å². The molecule has 0 saturated carbocycles. The predicted molar refractivity (Wildman–Crippen MR) is 123 cm³/mol. The van der Waals surface area contributed by atoms with Crippen LogP contribution in [0.1, 0.15) is 28.4 Å². The van der Waals surface area contributed by atoms with E-state index >= 15 is 0 Å². The lowest BCUT2D eigenvalue weighted by atomic mass is 10.1. The van der Waals surface area contributed by atoms with Gasteiger partial charge in [-0.25, -0.2) is 4.79 Å². The van der Waals surface area contributed by atoms with Gasteiger partial charge in [-0.2, -0.15) is 0 Å². The van der Waals surface area contributed by atoms with E-state index in [1.165, 1.54) is 6.08 Å². The summed E-state index contributed by atoms with van der Waals surface area (Å²) in [7, 11) is 0. The highest BCUT2D eigenvalue weighted by molar-refractivity contribution is 6.30. The van der Waals surface area contributed by atoms with E-state index in [4.69, 9.17) is 21.1 Å². The van der Waals surface area contributed by atoms with Crippen molar-refractivity contribution in [1.29, 1.82) is 0 Å². The van der Waals surface area contributed by atoms with Crippen LogP contribution in [-0.4, -0.2) is 23.6 Å². The molecule has 1 amide bonds. The number of hydrogen-bond acceptors (Lipinski definition) is 4. The molecule has 0 heterocycles. The Morgan fingerprint density at radius 1 is 0.969 bits per heavy atom. The molecule has 164 valence electrons. The third-order valence-electron chi connectivity index (χ3n) is 4.38. The van der Waals surface area contributed by atoms with Gasteiger partial charge < -0.3 is 19.9 Å². The molecular formula is C25H22ClNO5. The van der Waals surface area contributed by atoms with Crippen LogP contribution in [0.25, 0.3) is 6.08 Å². The normalized spacial score (nSPS) is 11.0. The van der Waals surface area contributed by atoms with E-state index in [0.29, 0.717) is 40.9 Å². The molecule has 0 spiro atoms. The van der Waals surface area contributed by atoms with Gasteiger partial charge in [-0.15, -0.1) is 0 Å². The summed E-state index contributed by atoms with van der Waals surface area (Å²) in [6.07, 6.45) is 1.37. The topological polar surface area (TPSA) is 84.9 Å². The smallest absolute Gasteiger partial charge is 0.352 e. The fourth-order valence-corrected chi connectivity index (χ4v) is 3.10. The van der Waals surface area contributed by atoms with Crippen molar-refractivity contribution in [2.24, 2.45) is 0 Å². The molecule has 7 heteroatoms. The second-order valence-corrected chi connectivity index (χ2v) is 7.18. The van der Waals surface area contributed by atoms with Gasteiger partial charge in [0.2, 0.25) is 0 Å². The SMILES string of the molecule is CCOc1cc(C=C(NC(=O)c2ccccc2)C(=O)O)ccc1OCc1cccc(Cl)c1. The standard InChI is InChI=1S/C25H22ClNO5/c1-2-31-23-15-17(11-12-22(23)32-16-18-7-6-10-20(26)13-18)14-21(25(29)30)27-24(28)19-8-4-3-5-9-19/h3-15H,2,16H2,1H3,(H,27,28)(H,29,30). The maximum atomic E-state index is 12.3. The van der Waals surface area contributed by atoms with Gasteiger partial charge in [0.1, 0.15) is 12.3 Å². The van der Waals surface area contributed by atoms with Crippen LogP contribution in [0.15, 0.2) is 78.5 Å². The Balaban J connectivity index is 1.80. The van der Waals surface area contributed by atoms with Gasteiger partial charge in [0.05, 0.1) is 6.61 Å². The Morgan fingerprint density at radius 2 is 1.75 bits per heavy atom. The van der Waals surface area contributed by atoms with Crippen LogP contribution in [0.5, 0.6) is 11.5 Å². The van der Waals surface area contributed by atoms with Gasteiger partial charge in [-0.3, -0.25) is 4.79 Å². The largest absolute Gasteiger partial charge is 0.490 e. The summed E-state index contributed by atoms with van der Waals surface area (Å²) in [5.74, 6) is -0.796. The van der Waals surface area contributed by atoms with Crippen LogP contribution in [0, 0.1) is 0 Å². The summed E-state index contributed by atoms with van der Waals surface area (Å²) in [5, 5.41) is 12.6.